The number of ether oxygens (including phenoxy) is 2. The number of anilines is 1. The fraction of sp³-hybridized carbons (Fsp3) is 0.500. The number of hydrogen-bond donors (Lipinski definition) is 1. The quantitative estimate of drug-likeness (QED) is 0.475. The molecule has 5 aliphatic rings. The minimum atomic E-state index is -0.563. The van der Waals surface area contributed by atoms with E-state index in [1.54, 1.807) is 36.3 Å². The van der Waals surface area contributed by atoms with Crippen molar-refractivity contribution in [1.29, 1.82) is 0 Å². The van der Waals surface area contributed by atoms with Crippen molar-refractivity contribution in [1.82, 2.24) is 4.90 Å². The summed E-state index contributed by atoms with van der Waals surface area (Å²) in [6.07, 6.45) is 7.74. The van der Waals surface area contributed by atoms with Gasteiger partial charge in [0.25, 0.3) is 0 Å². The SMILES string of the molecule is COc1ccc(NC(=O)[C@H]2CC(=O)N(CCOC34CC5CC(CC(C5)C3)C4)C(=Nc3ccccc3)S2)cc1. The van der Waals surface area contributed by atoms with Crippen LogP contribution in [0, 0.1) is 17.8 Å². The fourth-order valence-electron chi connectivity index (χ4n) is 7.13. The molecular formula is C30H35N3O4S. The first-order valence-electron chi connectivity index (χ1n) is 13.7. The Hall–Kier alpha value is -2.84. The van der Waals surface area contributed by atoms with Crippen molar-refractivity contribution in [2.45, 2.75) is 55.8 Å². The highest BCUT2D eigenvalue weighted by Gasteiger charge is 2.51. The molecule has 1 aliphatic heterocycles. The van der Waals surface area contributed by atoms with Gasteiger partial charge in [0.1, 0.15) is 11.0 Å². The molecule has 1 saturated heterocycles. The first kappa shape index (κ1) is 25.4. The predicted molar refractivity (Wildman–Crippen MR) is 150 cm³/mol. The average molecular weight is 534 g/mol. The van der Waals surface area contributed by atoms with Gasteiger partial charge in [0.15, 0.2) is 5.17 Å². The predicted octanol–water partition coefficient (Wildman–Crippen LogP) is 5.64. The molecule has 2 aromatic carbocycles. The van der Waals surface area contributed by atoms with E-state index in [1.165, 1.54) is 50.3 Å². The van der Waals surface area contributed by atoms with Gasteiger partial charge in [-0.1, -0.05) is 30.0 Å². The van der Waals surface area contributed by atoms with Crippen LogP contribution in [0.2, 0.25) is 0 Å². The molecule has 1 atom stereocenters. The molecule has 1 N–H and O–H groups in total. The number of nitrogens with zero attached hydrogens (tertiary/aromatic N) is 2. The van der Waals surface area contributed by atoms with E-state index < -0.39 is 5.25 Å². The molecule has 4 aliphatic carbocycles. The standard InChI is InChI=1S/C30H35N3O4S/c1-36-25-9-7-24(8-10-25)31-28(35)26-16-27(34)33(29(38-26)32-23-5-3-2-4-6-23)11-12-37-30-17-20-13-21(18-30)15-22(14-20)19-30/h2-10,20-22,26H,11-19H2,1H3,(H,31,35)/t20?,21?,22?,26-,30?/m1/s1. The summed E-state index contributed by atoms with van der Waals surface area (Å²) in [5.74, 6) is 2.85. The first-order valence-corrected chi connectivity index (χ1v) is 14.6. The van der Waals surface area contributed by atoms with Gasteiger partial charge in [0, 0.05) is 12.1 Å². The molecule has 7 rings (SSSR count). The zero-order chi connectivity index (χ0) is 26.1. The number of carbonyl (C=O) groups excluding carboxylic acids is 2. The lowest BCUT2D eigenvalue weighted by Gasteiger charge is -2.56. The van der Waals surface area contributed by atoms with Gasteiger partial charge in [-0.15, -0.1) is 0 Å². The van der Waals surface area contributed by atoms with Crippen LogP contribution in [0.3, 0.4) is 0 Å². The van der Waals surface area contributed by atoms with Crippen LogP contribution in [0.15, 0.2) is 59.6 Å². The zero-order valence-electron chi connectivity index (χ0n) is 21.8. The van der Waals surface area contributed by atoms with E-state index in [4.69, 9.17) is 14.5 Å². The number of carbonyl (C=O) groups is 2. The molecule has 0 unspecified atom stereocenters. The van der Waals surface area contributed by atoms with Gasteiger partial charge < -0.3 is 14.8 Å². The third kappa shape index (κ3) is 5.47. The lowest BCUT2D eigenvalue weighted by molar-refractivity contribution is -0.164. The number of aliphatic imine (C=N–C) groups is 1. The Labute approximate surface area is 228 Å². The molecule has 200 valence electrons. The molecular weight excluding hydrogens is 498 g/mol. The lowest BCUT2D eigenvalue weighted by atomic mass is 9.54. The summed E-state index contributed by atoms with van der Waals surface area (Å²) in [5, 5.41) is 2.92. The summed E-state index contributed by atoms with van der Waals surface area (Å²) in [6, 6.07) is 16.8. The maximum Gasteiger partial charge on any atom is 0.238 e. The van der Waals surface area contributed by atoms with Crippen LogP contribution in [0.25, 0.3) is 0 Å². The molecule has 5 fully saturated rings. The Balaban J connectivity index is 1.14. The second-order valence-electron chi connectivity index (χ2n) is 11.3. The van der Waals surface area contributed by atoms with Gasteiger partial charge in [-0.2, -0.15) is 0 Å². The molecule has 4 saturated carbocycles. The molecule has 4 bridgehead atoms. The topological polar surface area (TPSA) is 80.2 Å². The maximum atomic E-state index is 13.4. The van der Waals surface area contributed by atoms with E-state index in [2.05, 4.69) is 5.32 Å². The first-order chi connectivity index (χ1) is 18.5. The van der Waals surface area contributed by atoms with Gasteiger partial charge >= 0.3 is 0 Å². The van der Waals surface area contributed by atoms with Crippen molar-refractivity contribution < 1.29 is 19.1 Å². The van der Waals surface area contributed by atoms with Crippen molar-refractivity contribution in [3.8, 4) is 5.75 Å². The van der Waals surface area contributed by atoms with E-state index in [0.29, 0.717) is 29.8 Å². The minimum Gasteiger partial charge on any atom is -0.497 e. The smallest absolute Gasteiger partial charge is 0.238 e. The van der Waals surface area contributed by atoms with Gasteiger partial charge in [0.05, 0.1) is 31.5 Å². The number of amides is 2. The van der Waals surface area contributed by atoms with Crippen molar-refractivity contribution in [2.75, 3.05) is 25.6 Å². The van der Waals surface area contributed by atoms with Crippen LogP contribution in [-0.2, 0) is 14.3 Å². The third-order valence-corrected chi connectivity index (χ3v) is 9.66. The second kappa shape index (κ2) is 10.7. The largest absolute Gasteiger partial charge is 0.497 e. The van der Waals surface area contributed by atoms with Crippen molar-refractivity contribution in [3.63, 3.8) is 0 Å². The van der Waals surface area contributed by atoms with Crippen molar-refractivity contribution in [2.24, 2.45) is 22.7 Å². The van der Waals surface area contributed by atoms with Crippen LogP contribution < -0.4 is 10.1 Å². The molecule has 8 heteroatoms. The number of benzene rings is 2. The molecule has 0 aromatic heterocycles. The summed E-state index contributed by atoms with van der Waals surface area (Å²) in [7, 11) is 1.60. The summed E-state index contributed by atoms with van der Waals surface area (Å²) in [5.41, 5.74) is 1.42. The average Bonchev–Trinajstić information content (AvgIpc) is 2.90. The highest BCUT2D eigenvalue weighted by Crippen LogP contribution is 2.57. The van der Waals surface area contributed by atoms with E-state index >= 15 is 0 Å². The van der Waals surface area contributed by atoms with Gasteiger partial charge in [-0.3, -0.25) is 14.5 Å². The van der Waals surface area contributed by atoms with E-state index in [-0.39, 0.29) is 23.8 Å². The fourth-order valence-corrected chi connectivity index (χ4v) is 8.26. The molecule has 2 amide bonds. The molecule has 7 nitrogen and oxygen atoms in total. The van der Waals surface area contributed by atoms with Gasteiger partial charge in [-0.05, 0) is 92.7 Å². The minimum absolute atomic E-state index is 0.00174. The molecule has 1 heterocycles. The number of thioether (sulfide) groups is 1. The Kier molecular flexibility index (Phi) is 7.18. The summed E-state index contributed by atoms with van der Waals surface area (Å²) in [6.45, 7) is 0.945. The van der Waals surface area contributed by atoms with Crippen LogP contribution >= 0.6 is 11.8 Å². The summed E-state index contributed by atoms with van der Waals surface area (Å²) in [4.78, 5) is 33.0. The number of hydrogen-bond acceptors (Lipinski definition) is 6. The Morgan fingerprint density at radius 1 is 1.03 bits per heavy atom. The summed E-state index contributed by atoms with van der Waals surface area (Å²) >= 11 is 1.35. The van der Waals surface area contributed by atoms with Crippen molar-refractivity contribution in [3.05, 3.63) is 54.6 Å². The van der Waals surface area contributed by atoms with Crippen molar-refractivity contribution >= 4 is 40.1 Å². The van der Waals surface area contributed by atoms with Gasteiger partial charge in [-0.25, -0.2) is 4.99 Å². The number of rotatable bonds is 8. The van der Waals surface area contributed by atoms with E-state index in [0.717, 1.165) is 23.4 Å². The number of para-hydroxylation sites is 1. The molecule has 38 heavy (non-hydrogen) atoms. The van der Waals surface area contributed by atoms with E-state index in [9.17, 15) is 9.59 Å². The Morgan fingerprint density at radius 3 is 2.32 bits per heavy atom. The van der Waals surface area contributed by atoms with E-state index in [1.807, 2.05) is 30.3 Å². The highest BCUT2D eigenvalue weighted by atomic mass is 32.2. The van der Waals surface area contributed by atoms with Crippen LogP contribution in [-0.4, -0.2) is 53.0 Å². The molecule has 2 aromatic rings. The number of methoxy groups -OCH3 is 1. The highest BCUT2D eigenvalue weighted by molar-refractivity contribution is 8.15. The van der Waals surface area contributed by atoms with Crippen LogP contribution in [0.4, 0.5) is 11.4 Å². The van der Waals surface area contributed by atoms with Crippen LogP contribution in [0.1, 0.15) is 44.9 Å². The Bertz CT molecular complexity index is 1160. The zero-order valence-corrected chi connectivity index (χ0v) is 22.6. The molecule has 0 radical (unpaired) electrons. The summed E-state index contributed by atoms with van der Waals surface area (Å²) < 4.78 is 11.8. The lowest BCUT2D eigenvalue weighted by Crippen LogP contribution is -2.53. The molecule has 0 spiro atoms. The maximum absolute atomic E-state index is 13.4. The number of nitrogens with one attached hydrogen (secondary N) is 1. The monoisotopic (exact) mass is 533 g/mol. The second-order valence-corrected chi connectivity index (χ2v) is 12.4. The number of amidine groups is 1. The third-order valence-electron chi connectivity index (χ3n) is 8.48. The van der Waals surface area contributed by atoms with Crippen LogP contribution in [0.5, 0.6) is 5.75 Å². The normalized spacial score (nSPS) is 31.0. The Morgan fingerprint density at radius 2 is 1.68 bits per heavy atom. The van der Waals surface area contributed by atoms with Gasteiger partial charge in [0.2, 0.25) is 11.8 Å².